The Kier molecular flexibility index (Phi) is 6.28. The van der Waals surface area contributed by atoms with Crippen LogP contribution in [0.4, 0.5) is 11.4 Å². The van der Waals surface area contributed by atoms with Gasteiger partial charge in [0.25, 0.3) is 0 Å². The van der Waals surface area contributed by atoms with E-state index in [2.05, 4.69) is 20.8 Å². The molecule has 0 aliphatic carbocycles. The van der Waals surface area contributed by atoms with Gasteiger partial charge in [0.05, 0.1) is 22.9 Å². The number of hydrogen-bond donors (Lipinski definition) is 2. The number of hydrogen-bond acceptors (Lipinski definition) is 7. The Morgan fingerprint density at radius 1 is 1.10 bits per heavy atom. The van der Waals surface area contributed by atoms with E-state index in [-0.39, 0.29) is 30.8 Å². The second-order valence-corrected chi connectivity index (χ2v) is 7.92. The van der Waals surface area contributed by atoms with E-state index in [0.29, 0.717) is 38.9 Å². The Labute approximate surface area is 187 Å². The van der Waals surface area contributed by atoms with E-state index in [9.17, 15) is 9.59 Å². The summed E-state index contributed by atoms with van der Waals surface area (Å²) >= 11 is 7.28. The number of carbonyl (C=O) groups is 2. The standard InChI is InChI=1S/C20H18ClN5O4S/c1-26-17(9-18(27)23-14-5-3-2-4-13(14)21)24-25-20(26)31-10-19(28)22-12-6-7-15-16(8-12)30-11-29-15/h2-8H,9-11H2,1H3,(H,22,28)(H,23,27). The highest BCUT2D eigenvalue weighted by Gasteiger charge is 2.17. The first kappa shape index (κ1) is 21.0. The van der Waals surface area contributed by atoms with Crippen molar-refractivity contribution in [2.75, 3.05) is 23.2 Å². The quantitative estimate of drug-likeness (QED) is 0.522. The molecular weight excluding hydrogens is 442 g/mol. The molecule has 0 saturated heterocycles. The number of benzene rings is 2. The van der Waals surface area contributed by atoms with Crippen LogP contribution < -0.4 is 20.1 Å². The Morgan fingerprint density at radius 2 is 1.90 bits per heavy atom. The van der Waals surface area contributed by atoms with Crippen molar-refractivity contribution in [3.63, 3.8) is 0 Å². The highest BCUT2D eigenvalue weighted by atomic mass is 35.5. The lowest BCUT2D eigenvalue weighted by atomic mass is 10.3. The molecule has 1 aliphatic heterocycles. The van der Waals surface area contributed by atoms with Gasteiger partial charge in [0.15, 0.2) is 16.7 Å². The molecule has 0 atom stereocenters. The number of anilines is 2. The number of para-hydroxylation sites is 1. The van der Waals surface area contributed by atoms with Gasteiger partial charge in [0.1, 0.15) is 5.82 Å². The Hall–Kier alpha value is -3.24. The van der Waals surface area contributed by atoms with Gasteiger partial charge in [-0.2, -0.15) is 0 Å². The van der Waals surface area contributed by atoms with Crippen molar-refractivity contribution in [1.82, 2.24) is 14.8 Å². The first-order valence-corrected chi connectivity index (χ1v) is 10.6. The molecule has 9 nitrogen and oxygen atoms in total. The molecule has 31 heavy (non-hydrogen) atoms. The van der Waals surface area contributed by atoms with Crippen molar-refractivity contribution in [3.05, 3.63) is 53.3 Å². The molecule has 2 heterocycles. The Balaban J connectivity index is 1.30. The van der Waals surface area contributed by atoms with Crippen molar-refractivity contribution >= 4 is 46.6 Å². The van der Waals surface area contributed by atoms with Crippen LogP contribution in [0.1, 0.15) is 5.82 Å². The number of aromatic nitrogens is 3. The summed E-state index contributed by atoms with van der Waals surface area (Å²) in [4.78, 5) is 24.6. The van der Waals surface area contributed by atoms with E-state index in [1.165, 1.54) is 11.8 Å². The summed E-state index contributed by atoms with van der Waals surface area (Å²) in [5.74, 6) is 1.39. The molecule has 0 fully saturated rings. The van der Waals surface area contributed by atoms with Crippen LogP contribution in [0.2, 0.25) is 5.02 Å². The third kappa shape index (κ3) is 5.09. The van der Waals surface area contributed by atoms with Crippen molar-refractivity contribution in [2.45, 2.75) is 11.6 Å². The smallest absolute Gasteiger partial charge is 0.234 e. The zero-order valence-corrected chi connectivity index (χ0v) is 18.0. The van der Waals surface area contributed by atoms with Crippen LogP contribution in [0.25, 0.3) is 0 Å². The maximum absolute atomic E-state index is 12.3. The van der Waals surface area contributed by atoms with Gasteiger partial charge in [0.2, 0.25) is 18.6 Å². The number of nitrogens with one attached hydrogen (secondary N) is 2. The zero-order chi connectivity index (χ0) is 21.8. The van der Waals surface area contributed by atoms with Crippen molar-refractivity contribution < 1.29 is 19.1 Å². The lowest BCUT2D eigenvalue weighted by Crippen LogP contribution is -2.17. The molecular formula is C20H18ClN5O4S. The number of ether oxygens (including phenoxy) is 2. The van der Waals surface area contributed by atoms with E-state index < -0.39 is 0 Å². The first-order chi connectivity index (χ1) is 15.0. The van der Waals surface area contributed by atoms with Crippen LogP contribution in [0, 0.1) is 0 Å². The second kappa shape index (κ2) is 9.27. The van der Waals surface area contributed by atoms with E-state index >= 15 is 0 Å². The van der Waals surface area contributed by atoms with Crippen LogP contribution in [0.5, 0.6) is 11.5 Å². The van der Waals surface area contributed by atoms with Crippen molar-refractivity contribution in [3.8, 4) is 11.5 Å². The molecule has 3 aromatic rings. The molecule has 4 rings (SSSR count). The topological polar surface area (TPSA) is 107 Å². The first-order valence-electron chi connectivity index (χ1n) is 9.24. The number of halogens is 1. The molecule has 1 aromatic heterocycles. The van der Waals surface area contributed by atoms with E-state index in [1.807, 2.05) is 0 Å². The molecule has 1 aliphatic rings. The largest absolute Gasteiger partial charge is 0.454 e. The van der Waals surface area contributed by atoms with E-state index in [4.69, 9.17) is 21.1 Å². The molecule has 0 saturated carbocycles. The van der Waals surface area contributed by atoms with Gasteiger partial charge in [-0.25, -0.2) is 0 Å². The van der Waals surface area contributed by atoms with Crippen LogP contribution >= 0.6 is 23.4 Å². The second-order valence-electron chi connectivity index (χ2n) is 6.57. The van der Waals surface area contributed by atoms with E-state index in [0.717, 1.165) is 0 Å². The summed E-state index contributed by atoms with van der Waals surface area (Å²) in [7, 11) is 1.75. The summed E-state index contributed by atoms with van der Waals surface area (Å²) in [5, 5.41) is 14.7. The fourth-order valence-electron chi connectivity index (χ4n) is 2.83. The van der Waals surface area contributed by atoms with Crippen molar-refractivity contribution in [1.29, 1.82) is 0 Å². The monoisotopic (exact) mass is 459 g/mol. The van der Waals surface area contributed by atoms with Gasteiger partial charge in [-0.15, -0.1) is 10.2 Å². The molecule has 0 unspecified atom stereocenters. The fraction of sp³-hybridized carbons (Fsp3) is 0.200. The Morgan fingerprint density at radius 3 is 2.74 bits per heavy atom. The van der Waals surface area contributed by atoms with Crippen LogP contribution in [-0.4, -0.2) is 39.1 Å². The predicted octanol–water partition coefficient (Wildman–Crippen LogP) is 3.11. The number of amides is 2. The average Bonchev–Trinajstić information content (AvgIpc) is 3.35. The van der Waals surface area contributed by atoms with Crippen molar-refractivity contribution in [2.24, 2.45) is 7.05 Å². The molecule has 0 radical (unpaired) electrons. The minimum Gasteiger partial charge on any atom is -0.454 e. The van der Waals surface area contributed by atoms with Gasteiger partial charge in [-0.3, -0.25) is 9.59 Å². The van der Waals surface area contributed by atoms with Crippen LogP contribution in [-0.2, 0) is 23.1 Å². The SMILES string of the molecule is Cn1c(CC(=O)Nc2ccccc2Cl)nnc1SCC(=O)Nc1ccc2c(c1)OCO2. The molecule has 11 heteroatoms. The molecule has 2 amide bonds. The van der Waals surface area contributed by atoms with Gasteiger partial charge >= 0.3 is 0 Å². The molecule has 2 aromatic carbocycles. The number of rotatable bonds is 7. The highest BCUT2D eigenvalue weighted by Crippen LogP contribution is 2.34. The predicted molar refractivity (Wildman–Crippen MR) is 117 cm³/mol. The summed E-state index contributed by atoms with van der Waals surface area (Å²) in [6.45, 7) is 0.174. The number of nitrogens with zero attached hydrogens (tertiary/aromatic N) is 3. The highest BCUT2D eigenvalue weighted by molar-refractivity contribution is 7.99. The lowest BCUT2D eigenvalue weighted by molar-refractivity contribution is -0.116. The molecule has 160 valence electrons. The van der Waals surface area contributed by atoms with E-state index in [1.54, 1.807) is 54.1 Å². The third-order valence-corrected chi connectivity index (χ3v) is 5.73. The summed E-state index contributed by atoms with van der Waals surface area (Å²) in [5.41, 5.74) is 1.15. The Bertz CT molecular complexity index is 1140. The third-order valence-electron chi connectivity index (χ3n) is 4.38. The number of fused-ring (bicyclic) bond motifs is 1. The zero-order valence-electron chi connectivity index (χ0n) is 16.4. The number of thioether (sulfide) groups is 1. The van der Waals surface area contributed by atoms with Crippen LogP contribution in [0.15, 0.2) is 47.6 Å². The van der Waals surface area contributed by atoms with Crippen LogP contribution in [0.3, 0.4) is 0 Å². The summed E-state index contributed by atoms with van der Waals surface area (Å²) in [6, 6.07) is 12.2. The average molecular weight is 460 g/mol. The maximum atomic E-state index is 12.3. The summed E-state index contributed by atoms with van der Waals surface area (Å²) in [6.07, 6.45) is 0.0265. The van der Waals surface area contributed by atoms with Gasteiger partial charge < -0.3 is 24.7 Å². The normalized spacial score (nSPS) is 11.9. The summed E-state index contributed by atoms with van der Waals surface area (Å²) < 4.78 is 12.2. The molecule has 2 N–H and O–H groups in total. The number of carbonyl (C=O) groups excluding carboxylic acids is 2. The minimum atomic E-state index is -0.263. The minimum absolute atomic E-state index is 0.0265. The maximum Gasteiger partial charge on any atom is 0.234 e. The lowest BCUT2D eigenvalue weighted by Gasteiger charge is -2.07. The van der Waals surface area contributed by atoms with Gasteiger partial charge in [0, 0.05) is 18.8 Å². The molecule has 0 bridgehead atoms. The van der Waals surface area contributed by atoms with Gasteiger partial charge in [-0.05, 0) is 24.3 Å². The van der Waals surface area contributed by atoms with Gasteiger partial charge in [-0.1, -0.05) is 35.5 Å². The fourth-order valence-corrected chi connectivity index (χ4v) is 3.74. The molecule has 0 spiro atoms.